The molecule has 0 aromatic carbocycles. The highest BCUT2D eigenvalue weighted by molar-refractivity contribution is 7.91. The number of hydrogen-bond acceptors (Lipinski definition) is 4. The molecule has 1 aromatic rings. The van der Waals surface area contributed by atoms with Gasteiger partial charge in [-0.1, -0.05) is 0 Å². The van der Waals surface area contributed by atoms with Gasteiger partial charge >= 0.3 is 0 Å². The summed E-state index contributed by atoms with van der Waals surface area (Å²) in [5.41, 5.74) is 6.88. The minimum atomic E-state index is -3.14. The van der Waals surface area contributed by atoms with Gasteiger partial charge in [0.25, 0.3) is 0 Å². The van der Waals surface area contributed by atoms with Crippen LogP contribution in [0.2, 0.25) is 0 Å². The molecule has 17 heavy (non-hydrogen) atoms. The van der Waals surface area contributed by atoms with E-state index in [4.69, 9.17) is 5.73 Å². The molecule has 0 saturated heterocycles. The summed E-state index contributed by atoms with van der Waals surface area (Å²) in [7, 11) is -3.14. The van der Waals surface area contributed by atoms with Crippen LogP contribution in [0.3, 0.4) is 0 Å². The van der Waals surface area contributed by atoms with E-state index in [1.807, 2.05) is 6.20 Å². The number of rotatable bonds is 3. The van der Waals surface area contributed by atoms with Crippen molar-refractivity contribution >= 4 is 9.84 Å². The topological polar surface area (TPSA) is 78.0 Å². The van der Waals surface area contributed by atoms with Gasteiger partial charge < -0.3 is 10.3 Å². The van der Waals surface area contributed by atoms with E-state index in [0.29, 0.717) is 6.42 Å². The predicted octanol–water partition coefficient (Wildman–Crippen LogP) is 0.484. The van der Waals surface area contributed by atoms with Gasteiger partial charge in [-0.2, -0.15) is 0 Å². The second-order valence-corrected chi connectivity index (χ2v) is 7.25. The van der Waals surface area contributed by atoms with Crippen molar-refractivity contribution in [1.82, 2.24) is 9.55 Å². The normalized spacial score (nSPS) is 24.3. The van der Waals surface area contributed by atoms with E-state index < -0.39 is 9.84 Å². The maximum atomic E-state index is 11.8. The lowest BCUT2D eigenvalue weighted by atomic mass is 10.1. The fourth-order valence-corrected chi connectivity index (χ4v) is 3.73. The Kier molecular flexibility index (Phi) is 2.35. The van der Waals surface area contributed by atoms with Crippen LogP contribution in [0.4, 0.5) is 0 Å². The summed E-state index contributed by atoms with van der Waals surface area (Å²) in [4.78, 5) is 4.25. The van der Waals surface area contributed by atoms with E-state index in [1.165, 1.54) is 0 Å². The van der Waals surface area contributed by atoms with Gasteiger partial charge in [0.15, 0.2) is 0 Å². The lowest BCUT2D eigenvalue weighted by Crippen LogP contribution is -2.22. The molecule has 0 radical (unpaired) electrons. The Morgan fingerprint density at radius 1 is 1.47 bits per heavy atom. The predicted molar refractivity (Wildman–Crippen MR) is 63.4 cm³/mol. The van der Waals surface area contributed by atoms with Crippen molar-refractivity contribution in [2.24, 2.45) is 5.73 Å². The van der Waals surface area contributed by atoms with Crippen molar-refractivity contribution in [1.29, 1.82) is 0 Å². The Hall–Kier alpha value is -0.880. The number of aromatic nitrogens is 2. The molecule has 1 aliphatic heterocycles. The average molecular weight is 255 g/mol. The van der Waals surface area contributed by atoms with Crippen LogP contribution in [0.25, 0.3) is 0 Å². The summed E-state index contributed by atoms with van der Waals surface area (Å²) in [5.74, 6) is 0.226. The van der Waals surface area contributed by atoms with Crippen LogP contribution in [-0.2, 0) is 22.8 Å². The van der Waals surface area contributed by atoms with Gasteiger partial charge in [-0.05, 0) is 32.1 Å². The second kappa shape index (κ2) is 3.55. The number of fused-ring (bicyclic) bond motifs is 1. The van der Waals surface area contributed by atoms with E-state index >= 15 is 0 Å². The van der Waals surface area contributed by atoms with Crippen LogP contribution in [0.15, 0.2) is 11.4 Å². The molecule has 1 saturated carbocycles. The molecule has 0 unspecified atom stereocenters. The van der Waals surface area contributed by atoms with Gasteiger partial charge in [0, 0.05) is 18.3 Å². The number of imidazole rings is 1. The van der Waals surface area contributed by atoms with Crippen LogP contribution in [0.1, 0.15) is 31.4 Å². The molecule has 2 heterocycles. The average Bonchev–Trinajstić information content (AvgIpc) is 2.84. The first kappa shape index (κ1) is 11.2. The van der Waals surface area contributed by atoms with Gasteiger partial charge in [0.05, 0.1) is 11.4 Å². The molecular weight excluding hydrogens is 238 g/mol. The fraction of sp³-hybridized carbons (Fsp3) is 0.727. The minimum Gasteiger partial charge on any atom is -0.325 e. The Bertz CT molecular complexity index is 543. The van der Waals surface area contributed by atoms with E-state index in [-0.39, 0.29) is 16.4 Å². The smallest absolute Gasteiger partial charge is 0.227 e. The summed E-state index contributed by atoms with van der Waals surface area (Å²) < 4.78 is 25.4. The maximum absolute atomic E-state index is 11.8. The van der Waals surface area contributed by atoms with Gasteiger partial charge in [-0.15, -0.1) is 0 Å². The molecule has 2 N–H and O–H groups in total. The Morgan fingerprint density at radius 2 is 2.24 bits per heavy atom. The zero-order valence-corrected chi connectivity index (χ0v) is 10.5. The Balaban J connectivity index is 1.81. The SMILES string of the molecule is NC1(CCc2cn3c(n2)S(=O)(=O)CCC3)CC1. The molecule has 3 rings (SSSR count). The highest BCUT2D eigenvalue weighted by Gasteiger charge is 2.37. The highest BCUT2D eigenvalue weighted by Crippen LogP contribution is 2.36. The lowest BCUT2D eigenvalue weighted by Gasteiger charge is -2.12. The molecule has 0 amide bonds. The third kappa shape index (κ3) is 2.11. The van der Waals surface area contributed by atoms with Gasteiger partial charge in [-0.3, -0.25) is 0 Å². The largest absolute Gasteiger partial charge is 0.325 e. The second-order valence-electron chi connectivity index (χ2n) is 5.24. The number of hydrogen-bond donors (Lipinski definition) is 1. The monoisotopic (exact) mass is 255 g/mol. The highest BCUT2D eigenvalue weighted by atomic mass is 32.2. The summed E-state index contributed by atoms with van der Waals surface area (Å²) in [6, 6.07) is 0. The van der Waals surface area contributed by atoms with Crippen molar-refractivity contribution in [3.8, 4) is 0 Å². The van der Waals surface area contributed by atoms with Crippen molar-refractivity contribution in [2.75, 3.05) is 5.75 Å². The zero-order valence-electron chi connectivity index (χ0n) is 9.72. The van der Waals surface area contributed by atoms with Crippen LogP contribution in [0, 0.1) is 0 Å². The van der Waals surface area contributed by atoms with Crippen LogP contribution in [0.5, 0.6) is 0 Å². The number of sulfone groups is 1. The first-order valence-electron chi connectivity index (χ1n) is 6.06. The van der Waals surface area contributed by atoms with E-state index in [9.17, 15) is 8.42 Å². The molecule has 1 fully saturated rings. The molecule has 0 spiro atoms. The Labute approximate surface area is 101 Å². The summed E-state index contributed by atoms with van der Waals surface area (Å²) >= 11 is 0. The van der Waals surface area contributed by atoms with Crippen molar-refractivity contribution in [2.45, 2.75) is 49.3 Å². The molecule has 5 nitrogen and oxygen atoms in total. The molecule has 0 atom stereocenters. The molecule has 94 valence electrons. The summed E-state index contributed by atoms with van der Waals surface area (Å²) in [6.45, 7) is 0.759. The van der Waals surface area contributed by atoms with E-state index in [1.54, 1.807) is 4.57 Å². The quantitative estimate of drug-likeness (QED) is 0.852. The summed E-state index contributed by atoms with van der Waals surface area (Å²) in [6.07, 6.45) is 6.41. The first-order chi connectivity index (χ1) is 7.99. The lowest BCUT2D eigenvalue weighted by molar-refractivity contribution is 0.527. The molecule has 1 aromatic heterocycles. The molecular formula is C11H17N3O2S. The molecule has 0 bridgehead atoms. The van der Waals surface area contributed by atoms with Crippen LogP contribution >= 0.6 is 0 Å². The number of nitrogens with two attached hydrogens (primary N) is 1. The number of nitrogens with zero attached hydrogens (tertiary/aromatic N) is 2. The van der Waals surface area contributed by atoms with E-state index in [0.717, 1.165) is 37.9 Å². The third-order valence-electron chi connectivity index (χ3n) is 3.65. The Morgan fingerprint density at radius 3 is 2.88 bits per heavy atom. The van der Waals surface area contributed by atoms with Crippen LogP contribution < -0.4 is 5.73 Å². The maximum Gasteiger partial charge on any atom is 0.227 e. The standard InChI is InChI=1S/C11H17N3O2S/c12-11(4-5-11)3-2-9-8-14-6-1-7-17(15,16)10(14)13-9/h8H,1-7,12H2. The molecule has 1 aliphatic carbocycles. The van der Waals surface area contributed by atoms with E-state index in [2.05, 4.69) is 4.98 Å². The van der Waals surface area contributed by atoms with Gasteiger partial charge in [0.2, 0.25) is 15.0 Å². The summed E-state index contributed by atoms with van der Waals surface area (Å²) in [5, 5.41) is 0.251. The van der Waals surface area contributed by atoms with Gasteiger partial charge in [-0.25, -0.2) is 13.4 Å². The third-order valence-corrected chi connectivity index (χ3v) is 5.36. The zero-order chi connectivity index (χ0) is 12.1. The fourth-order valence-electron chi connectivity index (χ4n) is 2.28. The minimum absolute atomic E-state index is 0.00297. The van der Waals surface area contributed by atoms with Crippen molar-refractivity contribution in [3.05, 3.63) is 11.9 Å². The van der Waals surface area contributed by atoms with Crippen LogP contribution in [-0.4, -0.2) is 29.3 Å². The molecule has 6 heteroatoms. The van der Waals surface area contributed by atoms with Gasteiger partial charge in [0.1, 0.15) is 0 Å². The first-order valence-corrected chi connectivity index (χ1v) is 7.72. The molecule has 2 aliphatic rings. The van der Waals surface area contributed by atoms with Crippen molar-refractivity contribution in [3.63, 3.8) is 0 Å². The van der Waals surface area contributed by atoms with Crippen molar-refractivity contribution < 1.29 is 8.42 Å². The number of aryl methyl sites for hydroxylation is 2.